The van der Waals surface area contributed by atoms with Gasteiger partial charge in [0.25, 0.3) is 0 Å². The summed E-state index contributed by atoms with van der Waals surface area (Å²) in [4.78, 5) is 16.7. The molecule has 130 valence electrons. The van der Waals surface area contributed by atoms with E-state index in [1.54, 1.807) is 55.5 Å². The first-order chi connectivity index (χ1) is 12.2. The molecule has 0 unspecified atom stereocenters. The smallest absolute Gasteiger partial charge is 0.234 e. The molecule has 3 rings (SSSR count). The van der Waals surface area contributed by atoms with E-state index in [2.05, 4.69) is 16.4 Å². The summed E-state index contributed by atoms with van der Waals surface area (Å²) < 4.78 is 11.6. The highest BCUT2D eigenvalue weighted by Gasteiger charge is 2.09. The Kier molecular flexibility index (Phi) is 5.78. The Morgan fingerprint density at radius 2 is 1.96 bits per heavy atom. The zero-order chi connectivity index (χ0) is 17.6. The molecule has 0 spiro atoms. The number of carbonyl (C=O) groups excluding carboxylic acids is 1. The monoisotopic (exact) mass is 374 g/mol. The fraction of sp³-hybridized carbons (Fsp3) is 0.222. The molecule has 0 radical (unpaired) electrons. The first kappa shape index (κ1) is 17.6. The van der Waals surface area contributed by atoms with Gasteiger partial charge < -0.3 is 14.8 Å². The van der Waals surface area contributed by atoms with Gasteiger partial charge in [-0.25, -0.2) is 4.98 Å². The van der Waals surface area contributed by atoms with Crippen LogP contribution in [0.5, 0.6) is 11.5 Å². The largest absolute Gasteiger partial charge is 0.493 e. The topological polar surface area (TPSA) is 60.5 Å². The number of methoxy groups -OCH3 is 2. The summed E-state index contributed by atoms with van der Waals surface area (Å²) in [6.07, 6.45) is 0. The number of hydrogen-bond acceptors (Lipinski definition) is 6. The molecular weight excluding hydrogens is 356 g/mol. The number of thioether (sulfide) groups is 1. The first-order valence-corrected chi connectivity index (χ1v) is 9.61. The van der Waals surface area contributed by atoms with Crippen LogP contribution in [-0.4, -0.2) is 30.9 Å². The number of hydrogen-bond donors (Lipinski definition) is 1. The van der Waals surface area contributed by atoms with Crippen molar-refractivity contribution in [2.45, 2.75) is 5.75 Å². The molecule has 3 aromatic rings. The van der Waals surface area contributed by atoms with Crippen molar-refractivity contribution < 1.29 is 14.3 Å². The van der Waals surface area contributed by atoms with Crippen LogP contribution in [0.15, 0.2) is 42.5 Å². The van der Waals surface area contributed by atoms with E-state index in [0.29, 0.717) is 22.9 Å². The van der Waals surface area contributed by atoms with E-state index in [1.165, 1.54) is 4.70 Å². The van der Waals surface area contributed by atoms with Crippen LogP contribution in [0.4, 0.5) is 5.69 Å². The molecule has 0 fully saturated rings. The van der Waals surface area contributed by atoms with Crippen molar-refractivity contribution in [3.8, 4) is 11.5 Å². The zero-order valence-electron chi connectivity index (χ0n) is 13.9. The van der Waals surface area contributed by atoms with Gasteiger partial charge >= 0.3 is 0 Å². The number of thiazole rings is 1. The van der Waals surface area contributed by atoms with E-state index in [9.17, 15) is 4.79 Å². The van der Waals surface area contributed by atoms with Crippen molar-refractivity contribution in [2.75, 3.05) is 25.3 Å². The standard InChI is InChI=1S/C18H18N2O3S2/c1-22-14-8-7-12(9-15(14)23-2)19-17(21)10-24-11-18-20-13-5-3-4-6-16(13)25-18/h3-9H,10-11H2,1-2H3,(H,19,21). The Balaban J connectivity index is 1.52. The quantitative estimate of drug-likeness (QED) is 0.672. The molecule has 0 aliphatic carbocycles. The predicted molar refractivity (Wildman–Crippen MR) is 104 cm³/mol. The number of nitrogens with one attached hydrogen (secondary N) is 1. The summed E-state index contributed by atoms with van der Waals surface area (Å²) in [5.41, 5.74) is 1.70. The third-order valence-electron chi connectivity index (χ3n) is 3.46. The number of ether oxygens (including phenoxy) is 2. The highest BCUT2D eigenvalue weighted by Crippen LogP contribution is 2.30. The Hall–Kier alpha value is -2.25. The lowest BCUT2D eigenvalue weighted by Gasteiger charge is -2.10. The average Bonchev–Trinajstić information content (AvgIpc) is 3.04. The molecule has 0 saturated carbocycles. The fourth-order valence-electron chi connectivity index (χ4n) is 2.32. The maximum absolute atomic E-state index is 12.1. The Morgan fingerprint density at radius 3 is 2.72 bits per heavy atom. The Morgan fingerprint density at radius 1 is 1.16 bits per heavy atom. The number of para-hydroxylation sites is 1. The van der Waals surface area contributed by atoms with Crippen molar-refractivity contribution in [2.24, 2.45) is 0 Å². The number of benzene rings is 2. The number of anilines is 1. The Bertz CT molecular complexity index is 847. The molecule has 0 aliphatic rings. The van der Waals surface area contributed by atoms with Gasteiger partial charge in [0.05, 0.1) is 30.2 Å². The minimum atomic E-state index is -0.0571. The van der Waals surface area contributed by atoms with Crippen LogP contribution in [0, 0.1) is 0 Å². The predicted octanol–water partition coefficient (Wildman–Crippen LogP) is 4.19. The minimum Gasteiger partial charge on any atom is -0.493 e. The van der Waals surface area contributed by atoms with E-state index in [0.717, 1.165) is 16.3 Å². The molecule has 0 aliphatic heterocycles. The lowest BCUT2D eigenvalue weighted by molar-refractivity contribution is -0.113. The molecule has 1 N–H and O–H groups in total. The number of carbonyl (C=O) groups is 1. The van der Waals surface area contributed by atoms with Crippen LogP contribution in [0.2, 0.25) is 0 Å². The van der Waals surface area contributed by atoms with Crippen molar-refractivity contribution in [3.05, 3.63) is 47.5 Å². The molecule has 7 heteroatoms. The maximum atomic E-state index is 12.1. The van der Waals surface area contributed by atoms with Gasteiger partial charge in [-0.1, -0.05) is 12.1 Å². The van der Waals surface area contributed by atoms with E-state index < -0.39 is 0 Å². The van der Waals surface area contributed by atoms with Crippen LogP contribution < -0.4 is 14.8 Å². The average molecular weight is 374 g/mol. The lowest BCUT2D eigenvalue weighted by atomic mass is 10.2. The lowest BCUT2D eigenvalue weighted by Crippen LogP contribution is -2.14. The van der Waals surface area contributed by atoms with Gasteiger partial charge in [-0.15, -0.1) is 23.1 Å². The summed E-state index contributed by atoms with van der Waals surface area (Å²) in [6, 6.07) is 13.4. The summed E-state index contributed by atoms with van der Waals surface area (Å²) in [5.74, 6) is 2.25. The summed E-state index contributed by atoms with van der Waals surface area (Å²) >= 11 is 3.21. The van der Waals surface area contributed by atoms with Crippen molar-refractivity contribution in [1.82, 2.24) is 4.98 Å². The van der Waals surface area contributed by atoms with Gasteiger partial charge in [0.15, 0.2) is 11.5 Å². The molecule has 1 aromatic heterocycles. The van der Waals surface area contributed by atoms with Crippen molar-refractivity contribution >= 4 is 44.9 Å². The van der Waals surface area contributed by atoms with E-state index in [4.69, 9.17) is 9.47 Å². The number of aromatic nitrogens is 1. The fourth-order valence-corrected chi connectivity index (χ4v) is 4.17. The molecule has 0 bridgehead atoms. The molecule has 0 saturated heterocycles. The number of nitrogens with zero attached hydrogens (tertiary/aromatic N) is 1. The second-order valence-electron chi connectivity index (χ2n) is 5.19. The van der Waals surface area contributed by atoms with E-state index in [-0.39, 0.29) is 5.91 Å². The van der Waals surface area contributed by atoms with Gasteiger partial charge in [0.1, 0.15) is 5.01 Å². The molecule has 5 nitrogen and oxygen atoms in total. The molecule has 0 atom stereocenters. The molecule has 25 heavy (non-hydrogen) atoms. The maximum Gasteiger partial charge on any atom is 0.234 e. The van der Waals surface area contributed by atoms with Crippen molar-refractivity contribution in [1.29, 1.82) is 0 Å². The molecule has 1 heterocycles. The second kappa shape index (κ2) is 8.22. The van der Waals surface area contributed by atoms with E-state index in [1.807, 2.05) is 18.2 Å². The summed E-state index contributed by atoms with van der Waals surface area (Å²) in [5, 5.41) is 3.90. The SMILES string of the molecule is COc1ccc(NC(=O)CSCc2nc3ccccc3s2)cc1OC. The minimum absolute atomic E-state index is 0.0571. The van der Waals surface area contributed by atoms with E-state index >= 15 is 0 Å². The molecule has 1 amide bonds. The number of fused-ring (bicyclic) bond motifs is 1. The number of rotatable bonds is 7. The summed E-state index contributed by atoms with van der Waals surface area (Å²) in [7, 11) is 3.14. The number of amides is 1. The van der Waals surface area contributed by atoms with Crippen LogP contribution in [0.1, 0.15) is 5.01 Å². The third-order valence-corrected chi connectivity index (χ3v) is 5.63. The Labute approximate surface area is 154 Å². The van der Waals surface area contributed by atoms with Gasteiger partial charge in [-0.05, 0) is 24.3 Å². The van der Waals surface area contributed by atoms with Gasteiger partial charge in [0, 0.05) is 17.5 Å². The third kappa shape index (κ3) is 4.43. The first-order valence-electron chi connectivity index (χ1n) is 7.63. The van der Waals surface area contributed by atoms with Crippen LogP contribution in [-0.2, 0) is 10.5 Å². The van der Waals surface area contributed by atoms with Gasteiger partial charge in [-0.2, -0.15) is 0 Å². The zero-order valence-corrected chi connectivity index (χ0v) is 15.6. The summed E-state index contributed by atoms with van der Waals surface area (Å²) in [6.45, 7) is 0. The normalized spacial score (nSPS) is 10.6. The molecular formula is C18H18N2O3S2. The second-order valence-corrected chi connectivity index (χ2v) is 7.29. The van der Waals surface area contributed by atoms with Crippen LogP contribution in [0.25, 0.3) is 10.2 Å². The highest BCUT2D eigenvalue weighted by molar-refractivity contribution is 7.99. The van der Waals surface area contributed by atoms with Crippen LogP contribution >= 0.6 is 23.1 Å². The molecule has 2 aromatic carbocycles. The van der Waals surface area contributed by atoms with Gasteiger partial charge in [0.2, 0.25) is 5.91 Å². The highest BCUT2D eigenvalue weighted by atomic mass is 32.2. The van der Waals surface area contributed by atoms with Crippen LogP contribution in [0.3, 0.4) is 0 Å². The van der Waals surface area contributed by atoms with Gasteiger partial charge in [-0.3, -0.25) is 4.79 Å². The van der Waals surface area contributed by atoms with Crippen molar-refractivity contribution in [3.63, 3.8) is 0 Å².